The molecule has 14 heteroatoms. The Bertz CT molecular complexity index is 1280. The highest BCUT2D eigenvalue weighted by Gasteiger charge is 2.38. The lowest BCUT2D eigenvalue weighted by molar-refractivity contribution is -0.148. The first kappa shape index (κ1) is 30.5. The van der Waals surface area contributed by atoms with Gasteiger partial charge in [-0.25, -0.2) is 19.5 Å². The third-order valence-corrected chi connectivity index (χ3v) is 7.17. The molecule has 0 bridgehead atoms. The molecule has 4 N–H and O–H groups in total. The molecule has 0 aliphatic rings. The first-order valence-corrected chi connectivity index (χ1v) is 14.0. The maximum Gasteiger partial charge on any atom is 0.459 e. The Kier molecular flexibility index (Phi) is 10.0. The Morgan fingerprint density at radius 1 is 1.15 bits per heavy atom. The minimum Gasteiger partial charge on any atom is -0.464 e. The molecule has 0 spiro atoms. The third kappa shape index (κ3) is 8.70. The zero-order valence-corrected chi connectivity index (χ0v) is 23.9. The number of aliphatic hydroxyl groups is 1. The molecular formula is C25H37N6O7P. The number of anilines is 1. The van der Waals surface area contributed by atoms with Gasteiger partial charge < -0.3 is 24.8 Å². The molecule has 0 fully saturated rings. The van der Waals surface area contributed by atoms with Crippen molar-refractivity contribution in [2.45, 2.75) is 72.6 Å². The standard InChI is InChI=1S/C25H37N6O7P/c1-16(24(33)35-12-25(4,5)6)30-39(34,38-19-10-8-7-9-11-19)37-18(3)21(17(2)32)36-15-31-14-29-20-22(26)27-13-28-23(20)31/h7-11,13-14,16-18,21,32H,12,15H2,1-6H3,(H,30,34)(H2,26,27,28)/t16?,17?,18?,21-,39?/m0/s1. The van der Waals surface area contributed by atoms with E-state index in [1.54, 1.807) is 41.8 Å². The molecule has 0 saturated carbocycles. The van der Waals surface area contributed by atoms with Crippen LogP contribution in [0, 0.1) is 5.41 Å². The number of aliphatic hydroxyl groups excluding tert-OH is 1. The maximum absolute atomic E-state index is 13.9. The number of imidazole rings is 1. The van der Waals surface area contributed by atoms with Gasteiger partial charge >= 0.3 is 13.7 Å². The van der Waals surface area contributed by atoms with Crippen molar-refractivity contribution < 1.29 is 33.0 Å². The summed E-state index contributed by atoms with van der Waals surface area (Å²) in [4.78, 5) is 24.9. The van der Waals surface area contributed by atoms with Crippen LogP contribution in [-0.2, 0) is 30.1 Å². The number of nitrogens with two attached hydrogens (primary N) is 1. The Labute approximate surface area is 227 Å². The number of benzene rings is 1. The molecule has 214 valence electrons. The van der Waals surface area contributed by atoms with Gasteiger partial charge in [-0.3, -0.25) is 13.9 Å². The van der Waals surface area contributed by atoms with Crippen molar-refractivity contribution >= 4 is 30.7 Å². The second-order valence-corrected chi connectivity index (χ2v) is 12.0. The van der Waals surface area contributed by atoms with Crippen molar-refractivity contribution in [1.29, 1.82) is 0 Å². The number of para-hydroxylation sites is 1. The van der Waals surface area contributed by atoms with E-state index in [-0.39, 0.29) is 30.3 Å². The molecule has 39 heavy (non-hydrogen) atoms. The predicted octanol–water partition coefficient (Wildman–Crippen LogP) is 3.29. The zero-order chi connectivity index (χ0) is 28.8. The smallest absolute Gasteiger partial charge is 0.459 e. The molecule has 0 radical (unpaired) electrons. The van der Waals surface area contributed by atoms with Gasteiger partial charge in [-0.05, 0) is 38.3 Å². The summed E-state index contributed by atoms with van der Waals surface area (Å²) < 4.78 is 38.4. The lowest BCUT2D eigenvalue weighted by Gasteiger charge is -2.31. The van der Waals surface area contributed by atoms with Crippen molar-refractivity contribution in [2.24, 2.45) is 5.41 Å². The molecule has 3 aromatic rings. The first-order chi connectivity index (χ1) is 18.3. The van der Waals surface area contributed by atoms with Gasteiger partial charge in [0.25, 0.3) is 0 Å². The summed E-state index contributed by atoms with van der Waals surface area (Å²) in [6, 6.07) is 7.37. The molecule has 4 unspecified atom stereocenters. The number of carbonyl (C=O) groups is 1. The zero-order valence-electron chi connectivity index (χ0n) is 23.0. The molecule has 0 amide bonds. The van der Waals surface area contributed by atoms with Crippen molar-refractivity contribution in [3.63, 3.8) is 0 Å². The molecule has 3 rings (SSSR count). The van der Waals surface area contributed by atoms with E-state index in [1.165, 1.54) is 26.5 Å². The van der Waals surface area contributed by atoms with Crippen LogP contribution in [0.5, 0.6) is 5.75 Å². The maximum atomic E-state index is 13.9. The molecular weight excluding hydrogens is 527 g/mol. The minimum absolute atomic E-state index is 0.0664. The normalized spacial score (nSPS) is 16.7. The van der Waals surface area contributed by atoms with Gasteiger partial charge in [0.05, 0.1) is 25.1 Å². The summed E-state index contributed by atoms with van der Waals surface area (Å²) in [5.41, 5.74) is 6.46. The van der Waals surface area contributed by atoms with E-state index in [9.17, 15) is 14.5 Å². The van der Waals surface area contributed by atoms with Gasteiger partial charge in [0.15, 0.2) is 11.5 Å². The second kappa shape index (κ2) is 12.8. The van der Waals surface area contributed by atoms with E-state index in [4.69, 9.17) is 24.3 Å². The molecule has 1 aromatic carbocycles. The van der Waals surface area contributed by atoms with Gasteiger partial charge in [-0.15, -0.1) is 0 Å². The number of hydrogen-bond acceptors (Lipinski definition) is 11. The topological polar surface area (TPSA) is 173 Å². The fourth-order valence-electron chi connectivity index (χ4n) is 3.51. The Hall–Kier alpha value is -3.09. The van der Waals surface area contributed by atoms with Crippen LogP contribution in [-0.4, -0.2) is 61.6 Å². The lowest BCUT2D eigenvalue weighted by Crippen LogP contribution is -2.41. The van der Waals surface area contributed by atoms with Crippen LogP contribution in [0.2, 0.25) is 0 Å². The Balaban J connectivity index is 1.76. The van der Waals surface area contributed by atoms with Crippen LogP contribution in [0.25, 0.3) is 11.2 Å². The summed E-state index contributed by atoms with van der Waals surface area (Å²) in [7, 11) is -4.19. The van der Waals surface area contributed by atoms with Crippen LogP contribution < -0.4 is 15.3 Å². The quantitative estimate of drug-likeness (QED) is 0.204. The number of nitrogen functional groups attached to an aromatic ring is 1. The average molecular weight is 565 g/mol. The Morgan fingerprint density at radius 2 is 1.85 bits per heavy atom. The fourth-order valence-corrected chi connectivity index (χ4v) is 5.20. The number of esters is 1. The molecule has 2 aromatic heterocycles. The van der Waals surface area contributed by atoms with Crippen LogP contribution in [0.15, 0.2) is 43.0 Å². The number of carbonyl (C=O) groups excluding carboxylic acids is 1. The number of hydrogen-bond donors (Lipinski definition) is 3. The van der Waals surface area contributed by atoms with E-state index >= 15 is 0 Å². The van der Waals surface area contributed by atoms with E-state index in [0.717, 1.165) is 0 Å². The van der Waals surface area contributed by atoms with E-state index < -0.39 is 38.1 Å². The summed E-state index contributed by atoms with van der Waals surface area (Å²) in [5, 5.41) is 13.1. The number of rotatable bonds is 13. The second-order valence-electron chi connectivity index (χ2n) is 10.4. The largest absolute Gasteiger partial charge is 0.464 e. The van der Waals surface area contributed by atoms with Crippen LogP contribution in [0.1, 0.15) is 41.5 Å². The molecule has 5 atom stereocenters. The number of ether oxygens (including phenoxy) is 2. The van der Waals surface area contributed by atoms with Crippen LogP contribution in [0.4, 0.5) is 5.82 Å². The van der Waals surface area contributed by atoms with Crippen molar-refractivity contribution in [3.8, 4) is 5.75 Å². The molecule has 2 heterocycles. The highest BCUT2D eigenvalue weighted by atomic mass is 31.2. The van der Waals surface area contributed by atoms with E-state index in [0.29, 0.717) is 11.2 Å². The third-order valence-electron chi connectivity index (χ3n) is 5.40. The lowest BCUT2D eigenvalue weighted by atomic mass is 9.99. The van der Waals surface area contributed by atoms with Crippen LogP contribution in [0.3, 0.4) is 0 Å². The van der Waals surface area contributed by atoms with Gasteiger partial charge in [0, 0.05) is 0 Å². The van der Waals surface area contributed by atoms with Gasteiger partial charge in [-0.1, -0.05) is 39.0 Å². The monoisotopic (exact) mass is 564 g/mol. The van der Waals surface area contributed by atoms with Gasteiger partial charge in [0.1, 0.15) is 36.5 Å². The summed E-state index contributed by atoms with van der Waals surface area (Å²) in [6.45, 7) is 10.5. The van der Waals surface area contributed by atoms with Gasteiger partial charge in [-0.2, -0.15) is 5.09 Å². The Morgan fingerprint density at radius 3 is 2.49 bits per heavy atom. The van der Waals surface area contributed by atoms with Gasteiger partial charge in [0.2, 0.25) is 0 Å². The average Bonchev–Trinajstić information content (AvgIpc) is 3.26. The van der Waals surface area contributed by atoms with Crippen molar-refractivity contribution in [3.05, 3.63) is 43.0 Å². The summed E-state index contributed by atoms with van der Waals surface area (Å²) in [6.07, 6.45) is -0.159. The number of nitrogens with one attached hydrogen (secondary N) is 1. The molecule has 0 aliphatic carbocycles. The number of aromatic nitrogens is 4. The predicted molar refractivity (Wildman–Crippen MR) is 145 cm³/mol. The van der Waals surface area contributed by atoms with Crippen molar-refractivity contribution in [2.75, 3.05) is 12.3 Å². The van der Waals surface area contributed by atoms with Crippen molar-refractivity contribution in [1.82, 2.24) is 24.6 Å². The highest BCUT2D eigenvalue weighted by Crippen LogP contribution is 2.47. The summed E-state index contributed by atoms with van der Waals surface area (Å²) >= 11 is 0. The van der Waals surface area contributed by atoms with E-state index in [2.05, 4.69) is 20.0 Å². The molecule has 0 saturated heterocycles. The molecule has 0 aliphatic heterocycles. The SMILES string of the molecule is CC(NP(=O)(Oc1ccccc1)OC(C)[C@@H](OCn1cnc2c(N)ncnc21)C(C)O)C(=O)OCC(C)(C)C. The number of fused-ring (bicyclic) bond motifs is 1. The first-order valence-electron chi connectivity index (χ1n) is 12.5. The summed E-state index contributed by atoms with van der Waals surface area (Å²) in [5.74, 6) is -0.134. The minimum atomic E-state index is -4.19. The highest BCUT2D eigenvalue weighted by molar-refractivity contribution is 7.52. The fraction of sp³-hybridized carbons (Fsp3) is 0.520. The number of nitrogens with zero attached hydrogens (tertiary/aromatic N) is 4. The molecule has 13 nitrogen and oxygen atoms in total. The van der Waals surface area contributed by atoms with E-state index in [1.807, 2.05) is 20.8 Å². The van der Waals surface area contributed by atoms with Crippen LogP contribution >= 0.6 is 7.75 Å².